The number of carbonyl (C=O) groups is 3. The molecule has 24 heavy (non-hydrogen) atoms. The zero-order valence-corrected chi connectivity index (χ0v) is 14.8. The van der Waals surface area contributed by atoms with Gasteiger partial charge in [0, 0.05) is 31.5 Å². The van der Waals surface area contributed by atoms with Crippen LogP contribution in [0.2, 0.25) is 0 Å². The molecule has 0 aromatic carbocycles. The lowest BCUT2D eigenvalue weighted by Gasteiger charge is -2.34. The lowest BCUT2D eigenvalue weighted by Crippen LogP contribution is -2.48. The molecule has 1 aliphatic carbocycles. The smallest absolute Gasteiger partial charge is 0.306 e. The van der Waals surface area contributed by atoms with Crippen LogP contribution in [0.3, 0.4) is 0 Å². The normalized spacial score (nSPS) is 25.5. The van der Waals surface area contributed by atoms with Crippen LogP contribution in [0.5, 0.6) is 0 Å². The highest BCUT2D eigenvalue weighted by Crippen LogP contribution is 2.29. The highest BCUT2D eigenvalue weighted by molar-refractivity contribution is 5.80. The van der Waals surface area contributed by atoms with Crippen molar-refractivity contribution in [3.63, 3.8) is 0 Å². The van der Waals surface area contributed by atoms with Gasteiger partial charge in [0.25, 0.3) is 0 Å². The molecule has 2 fully saturated rings. The average molecular weight is 338 g/mol. The van der Waals surface area contributed by atoms with Crippen LogP contribution in [0.25, 0.3) is 0 Å². The van der Waals surface area contributed by atoms with Crippen molar-refractivity contribution in [2.24, 2.45) is 17.8 Å². The fourth-order valence-corrected chi connectivity index (χ4v) is 3.67. The molecule has 1 heterocycles. The van der Waals surface area contributed by atoms with E-state index in [0.717, 1.165) is 12.8 Å². The third-order valence-corrected chi connectivity index (χ3v) is 5.22. The Hall–Kier alpha value is -1.59. The highest BCUT2D eigenvalue weighted by Gasteiger charge is 2.31. The van der Waals surface area contributed by atoms with Crippen LogP contribution in [0.15, 0.2) is 0 Å². The molecule has 2 aliphatic rings. The van der Waals surface area contributed by atoms with Crippen LogP contribution in [0, 0.1) is 17.8 Å². The molecule has 0 aromatic heterocycles. The Balaban J connectivity index is 1.71. The first-order valence-corrected chi connectivity index (χ1v) is 9.17. The fourth-order valence-electron chi connectivity index (χ4n) is 3.67. The summed E-state index contributed by atoms with van der Waals surface area (Å²) < 4.78 is 0. The third-order valence-electron chi connectivity index (χ3n) is 5.22. The topological polar surface area (TPSA) is 86.7 Å². The second-order valence-electron chi connectivity index (χ2n) is 7.65. The number of likely N-dealkylation sites (tertiary alicyclic amines) is 1. The van der Waals surface area contributed by atoms with E-state index in [2.05, 4.69) is 5.32 Å². The van der Waals surface area contributed by atoms with Crippen molar-refractivity contribution in [1.82, 2.24) is 10.2 Å². The van der Waals surface area contributed by atoms with Gasteiger partial charge in [0.05, 0.1) is 5.92 Å². The van der Waals surface area contributed by atoms with Gasteiger partial charge in [-0.2, -0.15) is 0 Å². The van der Waals surface area contributed by atoms with Crippen molar-refractivity contribution in [2.45, 2.75) is 64.8 Å². The molecule has 1 aliphatic heterocycles. The Morgan fingerprint density at radius 1 is 1.00 bits per heavy atom. The van der Waals surface area contributed by atoms with E-state index in [1.54, 1.807) is 0 Å². The molecule has 0 unspecified atom stereocenters. The van der Waals surface area contributed by atoms with Gasteiger partial charge in [-0.3, -0.25) is 14.4 Å². The Labute approximate surface area is 144 Å². The number of carboxylic acids is 1. The van der Waals surface area contributed by atoms with E-state index in [9.17, 15) is 14.4 Å². The molecular weight excluding hydrogens is 308 g/mol. The van der Waals surface area contributed by atoms with Gasteiger partial charge in [0.15, 0.2) is 0 Å². The molecule has 2 rings (SSSR count). The zero-order chi connectivity index (χ0) is 17.7. The van der Waals surface area contributed by atoms with Gasteiger partial charge in [0.1, 0.15) is 0 Å². The SMILES string of the molecule is CC(C)CC(=O)N1CCC(NC(=O)C2CCC(C(=O)O)CC2)CC1. The first-order valence-electron chi connectivity index (χ1n) is 9.17. The molecule has 1 saturated heterocycles. The monoisotopic (exact) mass is 338 g/mol. The summed E-state index contributed by atoms with van der Waals surface area (Å²) in [6, 6.07) is 0.137. The summed E-state index contributed by atoms with van der Waals surface area (Å²) in [5, 5.41) is 12.1. The number of rotatable bonds is 5. The fraction of sp³-hybridized carbons (Fsp3) is 0.833. The van der Waals surface area contributed by atoms with Gasteiger partial charge in [-0.05, 0) is 44.4 Å². The molecule has 1 saturated carbocycles. The summed E-state index contributed by atoms with van der Waals surface area (Å²) in [5.74, 6) is -0.443. The summed E-state index contributed by atoms with van der Waals surface area (Å²) in [7, 11) is 0. The Morgan fingerprint density at radius 2 is 1.54 bits per heavy atom. The molecule has 0 bridgehead atoms. The van der Waals surface area contributed by atoms with Crippen molar-refractivity contribution >= 4 is 17.8 Å². The first kappa shape index (κ1) is 18.7. The second-order valence-corrected chi connectivity index (χ2v) is 7.65. The van der Waals surface area contributed by atoms with Gasteiger partial charge in [-0.25, -0.2) is 0 Å². The van der Waals surface area contributed by atoms with E-state index < -0.39 is 5.97 Å². The molecule has 0 aromatic rings. The van der Waals surface area contributed by atoms with E-state index in [1.807, 2.05) is 18.7 Å². The average Bonchev–Trinajstić information content (AvgIpc) is 2.55. The van der Waals surface area contributed by atoms with Gasteiger partial charge >= 0.3 is 5.97 Å². The Kier molecular flexibility index (Phi) is 6.63. The van der Waals surface area contributed by atoms with Gasteiger partial charge in [0.2, 0.25) is 11.8 Å². The largest absolute Gasteiger partial charge is 0.481 e. The summed E-state index contributed by atoms with van der Waals surface area (Å²) in [5.41, 5.74) is 0. The molecule has 0 atom stereocenters. The van der Waals surface area contributed by atoms with Crippen molar-refractivity contribution < 1.29 is 19.5 Å². The Bertz CT molecular complexity index is 462. The molecule has 2 amide bonds. The number of hydrogen-bond donors (Lipinski definition) is 2. The number of aliphatic carboxylic acids is 1. The summed E-state index contributed by atoms with van der Waals surface area (Å²) in [6.07, 6.45) is 4.71. The van der Waals surface area contributed by atoms with Crippen LogP contribution in [0.1, 0.15) is 58.8 Å². The van der Waals surface area contributed by atoms with Crippen molar-refractivity contribution in [2.75, 3.05) is 13.1 Å². The molecule has 0 radical (unpaired) electrons. The van der Waals surface area contributed by atoms with Crippen molar-refractivity contribution in [3.8, 4) is 0 Å². The number of carboxylic acid groups (broad SMARTS) is 1. The van der Waals surface area contributed by atoms with Crippen LogP contribution in [0.4, 0.5) is 0 Å². The minimum absolute atomic E-state index is 0.0544. The molecular formula is C18H30N2O4. The van der Waals surface area contributed by atoms with Crippen LogP contribution < -0.4 is 5.32 Å². The molecule has 6 nitrogen and oxygen atoms in total. The third kappa shape index (κ3) is 5.21. The predicted molar refractivity (Wildman–Crippen MR) is 90.3 cm³/mol. The van der Waals surface area contributed by atoms with Crippen LogP contribution in [-0.2, 0) is 14.4 Å². The summed E-state index contributed by atoms with van der Waals surface area (Å²) >= 11 is 0. The number of nitrogens with one attached hydrogen (secondary N) is 1. The van der Waals surface area contributed by atoms with Crippen LogP contribution in [-0.4, -0.2) is 46.9 Å². The van der Waals surface area contributed by atoms with E-state index in [0.29, 0.717) is 51.1 Å². The van der Waals surface area contributed by atoms with E-state index in [1.165, 1.54) is 0 Å². The van der Waals surface area contributed by atoms with Crippen molar-refractivity contribution in [1.29, 1.82) is 0 Å². The first-order chi connectivity index (χ1) is 11.4. The van der Waals surface area contributed by atoms with Gasteiger partial charge in [-0.15, -0.1) is 0 Å². The summed E-state index contributed by atoms with van der Waals surface area (Å²) in [6.45, 7) is 5.51. The molecule has 0 spiro atoms. The van der Waals surface area contributed by atoms with Gasteiger partial charge < -0.3 is 15.3 Å². The Morgan fingerprint density at radius 3 is 2.04 bits per heavy atom. The standard InChI is InChI=1S/C18H30N2O4/c1-12(2)11-16(21)20-9-7-15(8-10-20)19-17(22)13-3-5-14(6-4-13)18(23)24/h12-15H,3-11H2,1-2H3,(H,19,22)(H,23,24). The van der Waals surface area contributed by atoms with E-state index in [-0.39, 0.29) is 29.7 Å². The molecule has 136 valence electrons. The molecule has 2 N–H and O–H groups in total. The number of nitrogens with zero attached hydrogens (tertiary/aromatic N) is 1. The van der Waals surface area contributed by atoms with Gasteiger partial charge in [-0.1, -0.05) is 13.8 Å². The minimum Gasteiger partial charge on any atom is -0.481 e. The quantitative estimate of drug-likeness (QED) is 0.803. The summed E-state index contributed by atoms with van der Waals surface area (Å²) in [4.78, 5) is 37.3. The number of carbonyl (C=O) groups excluding carboxylic acids is 2. The maximum atomic E-state index is 12.4. The number of amides is 2. The van der Waals surface area contributed by atoms with E-state index >= 15 is 0 Å². The second kappa shape index (κ2) is 8.49. The lowest BCUT2D eigenvalue weighted by molar-refractivity contribution is -0.144. The zero-order valence-electron chi connectivity index (χ0n) is 14.8. The highest BCUT2D eigenvalue weighted by atomic mass is 16.4. The predicted octanol–water partition coefficient (Wildman–Crippen LogP) is 2.03. The van der Waals surface area contributed by atoms with Crippen molar-refractivity contribution in [3.05, 3.63) is 0 Å². The maximum Gasteiger partial charge on any atom is 0.306 e. The minimum atomic E-state index is -0.743. The molecule has 6 heteroatoms. The number of piperidine rings is 1. The maximum absolute atomic E-state index is 12.4. The van der Waals surface area contributed by atoms with Crippen LogP contribution >= 0.6 is 0 Å². The lowest BCUT2D eigenvalue weighted by atomic mass is 9.81. The van der Waals surface area contributed by atoms with E-state index in [4.69, 9.17) is 5.11 Å². The number of hydrogen-bond acceptors (Lipinski definition) is 3.